The summed E-state index contributed by atoms with van der Waals surface area (Å²) in [6.45, 7) is 3.93. The van der Waals surface area contributed by atoms with Gasteiger partial charge in [0.15, 0.2) is 0 Å². The molecule has 1 aliphatic carbocycles. The first-order chi connectivity index (χ1) is 16.7. The van der Waals surface area contributed by atoms with Crippen molar-refractivity contribution >= 4 is 18.0 Å². The maximum Gasteiger partial charge on any atom is 0.407 e. The van der Waals surface area contributed by atoms with E-state index in [-0.39, 0.29) is 37.4 Å². The van der Waals surface area contributed by atoms with Crippen LogP contribution in [0.5, 0.6) is 0 Å². The fraction of sp³-hybridized carbons (Fsp3) is 0.464. The van der Waals surface area contributed by atoms with Crippen molar-refractivity contribution in [2.45, 2.75) is 63.5 Å². The van der Waals surface area contributed by atoms with Gasteiger partial charge in [-0.25, -0.2) is 4.79 Å². The van der Waals surface area contributed by atoms with Gasteiger partial charge in [0.25, 0.3) is 0 Å². The molecule has 0 aromatic heterocycles. The van der Waals surface area contributed by atoms with Crippen LogP contribution in [0.15, 0.2) is 48.5 Å². The number of fused-ring (bicyclic) bond motifs is 5. The third kappa shape index (κ3) is 4.07. The summed E-state index contributed by atoms with van der Waals surface area (Å²) in [7, 11) is 0. The van der Waals surface area contributed by atoms with E-state index in [9.17, 15) is 19.5 Å². The monoisotopic (exact) mass is 476 g/mol. The molecule has 3 aliphatic rings. The molecule has 7 nitrogen and oxygen atoms in total. The van der Waals surface area contributed by atoms with E-state index >= 15 is 0 Å². The molecule has 2 N–H and O–H groups in total. The summed E-state index contributed by atoms with van der Waals surface area (Å²) >= 11 is 0. The van der Waals surface area contributed by atoms with Crippen molar-refractivity contribution in [3.8, 4) is 11.1 Å². The Bertz CT molecular complexity index is 1120. The number of nitrogens with one attached hydrogen (secondary N) is 1. The molecule has 2 aromatic carbocycles. The van der Waals surface area contributed by atoms with Crippen LogP contribution >= 0.6 is 0 Å². The van der Waals surface area contributed by atoms with E-state index in [0.717, 1.165) is 36.8 Å². The summed E-state index contributed by atoms with van der Waals surface area (Å²) in [6.07, 6.45) is 2.56. The zero-order valence-electron chi connectivity index (χ0n) is 20.3. The predicted octanol–water partition coefficient (Wildman–Crippen LogP) is 4.55. The van der Waals surface area contributed by atoms with Gasteiger partial charge in [0.05, 0.1) is 17.4 Å². The zero-order chi connectivity index (χ0) is 24.8. The second-order valence-electron chi connectivity index (χ2n) is 10.8. The largest absolute Gasteiger partial charge is 0.481 e. The van der Waals surface area contributed by atoms with Crippen LogP contribution in [0.4, 0.5) is 4.79 Å². The SMILES string of the molecule is CC(C)(CNC(=O)OCC1c2ccccc2-c2ccccc21)C(=O)N1C2CCC1(CC(=O)O)CC2. The number of hydrogen-bond acceptors (Lipinski definition) is 4. The van der Waals surface area contributed by atoms with Gasteiger partial charge in [-0.2, -0.15) is 0 Å². The lowest BCUT2D eigenvalue weighted by atomic mass is 9.84. The standard InChI is InChI=1S/C28H32N2O5/c1-27(2,25(33)30-18-11-13-28(30,14-12-18)15-24(31)32)17-29-26(34)35-16-23-21-9-5-3-7-19(21)20-8-4-6-10-22(20)23/h3-10,18,23H,11-17H2,1-2H3,(H,29,34)(H,31,32). The molecule has 2 aliphatic heterocycles. The Kier molecular flexibility index (Phi) is 5.82. The van der Waals surface area contributed by atoms with Gasteiger partial charge in [-0.15, -0.1) is 0 Å². The number of ether oxygens (including phenoxy) is 1. The van der Waals surface area contributed by atoms with Gasteiger partial charge in [0.1, 0.15) is 6.61 Å². The number of carbonyl (C=O) groups is 3. The van der Waals surface area contributed by atoms with Gasteiger partial charge in [0, 0.05) is 18.5 Å². The molecule has 0 unspecified atom stereocenters. The van der Waals surface area contributed by atoms with E-state index in [0.29, 0.717) is 0 Å². The number of nitrogens with zero attached hydrogens (tertiary/aromatic N) is 1. The fourth-order valence-corrected chi connectivity index (χ4v) is 6.30. The third-order valence-corrected chi connectivity index (χ3v) is 8.06. The van der Waals surface area contributed by atoms with E-state index < -0.39 is 23.0 Å². The van der Waals surface area contributed by atoms with Crippen LogP contribution in [0.2, 0.25) is 0 Å². The average Bonchev–Trinajstić information content (AvgIpc) is 3.47. The molecule has 0 atom stereocenters. The van der Waals surface area contributed by atoms with E-state index in [1.165, 1.54) is 11.1 Å². The number of rotatable bonds is 7. The Labute approximate surface area is 205 Å². The third-order valence-electron chi connectivity index (χ3n) is 8.06. The van der Waals surface area contributed by atoms with Crippen molar-refractivity contribution in [2.75, 3.05) is 13.2 Å². The summed E-state index contributed by atoms with van der Waals surface area (Å²) in [6, 6.07) is 16.4. The quantitative estimate of drug-likeness (QED) is 0.611. The number of carboxylic acids is 1. The molecule has 0 radical (unpaired) electrons. The lowest BCUT2D eigenvalue weighted by molar-refractivity contribution is -0.148. The minimum Gasteiger partial charge on any atom is -0.481 e. The summed E-state index contributed by atoms with van der Waals surface area (Å²) in [5, 5.41) is 12.2. The van der Waals surface area contributed by atoms with Crippen LogP contribution < -0.4 is 5.32 Å². The molecule has 2 aromatic rings. The number of amides is 2. The van der Waals surface area contributed by atoms with E-state index in [1.807, 2.05) is 29.2 Å². The molecule has 35 heavy (non-hydrogen) atoms. The van der Waals surface area contributed by atoms with Crippen LogP contribution in [0, 0.1) is 5.41 Å². The van der Waals surface area contributed by atoms with E-state index in [4.69, 9.17) is 4.74 Å². The summed E-state index contributed by atoms with van der Waals surface area (Å²) < 4.78 is 5.61. The van der Waals surface area contributed by atoms with Crippen molar-refractivity contribution in [3.05, 3.63) is 59.7 Å². The van der Waals surface area contributed by atoms with Gasteiger partial charge < -0.3 is 20.1 Å². The van der Waals surface area contributed by atoms with Crippen molar-refractivity contribution in [1.29, 1.82) is 0 Å². The Balaban J connectivity index is 1.21. The highest BCUT2D eigenvalue weighted by molar-refractivity contribution is 5.85. The Hall–Kier alpha value is -3.35. The first-order valence-electron chi connectivity index (χ1n) is 12.4. The van der Waals surface area contributed by atoms with Gasteiger partial charge in [0.2, 0.25) is 5.91 Å². The molecule has 184 valence electrons. The number of carbonyl (C=O) groups excluding carboxylic acids is 2. The summed E-state index contributed by atoms with van der Waals surface area (Å²) in [4.78, 5) is 39.5. The molecule has 2 heterocycles. The molecule has 7 heteroatoms. The molecule has 0 saturated carbocycles. The fourth-order valence-electron chi connectivity index (χ4n) is 6.30. The summed E-state index contributed by atoms with van der Waals surface area (Å²) in [5.74, 6) is -1.00. The van der Waals surface area contributed by atoms with Gasteiger partial charge in [-0.1, -0.05) is 48.5 Å². The molecule has 2 saturated heterocycles. The normalized spacial score (nSPS) is 22.6. The van der Waals surface area contributed by atoms with Crippen molar-refractivity contribution in [2.24, 2.45) is 5.41 Å². The van der Waals surface area contributed by atoms with Crippen LogP contribution in [-0.2, 0) is 14.3 Å². The van der Waals surface area contributed by atoms with Crippen molar-refractivity contribution in [3.63, 3.8) is 0 Å². The molecule has 0 spiro atoms. The smallest absolute Gasteiger partial charge is 0.407 e. The highest BCUT2D eigenvalue weighted by Crippen LogP contribution is 2.50. The zero-order valence-corrected chi connectivity index (χ0v) is 20.3. The number of hydrogen-bond donors (Lipinski definition) is 2. The topological polar surface area (TPSA) is 95.9 Å². The maximum absolute atomic E-state index is 13.5. The second-order valence-corrected chi connectivity index (χ2v) is 10.8. The van der Waals surface area contributed by atoms with E-state index in [1.54, 1.807) is 13.8 Å². The maximum atomic E-state index is 13.5. The Morgan fingerprint density at radius 1 is 1.03 bits per heavy atom. The number of alkyl carbamates (subject to hydrolysis) is 1. The highest BCUT2D eigenvalue weighted by atomic mass is 16.5. The van der Waals surface area contributed by atoms with E-state index in [2.05, 4.69) is 29.6 Å². The van der Waals surface area contributed by atoms with Crippen molar-refractivity contribution < 1.29 is 24.2 Å². The van der Waals surface area contributed by atoms with Crippen LogP contribution in [0.3, 0.4) is 0 Å². The molecule has 2 bridgehead atoms. The number of aliphatic carboxylic acids is 1. The molecular formula is C28H32N2O5. The number of carboxylic acid groups (broad SMARTS) is 1. The van der Waals surface area contributed by atoms with Crippen LogP contribution in [0.25, 0.3) is 11.1 Å². The lowest BCUT2D eigenvalue weighted by Crippen LogP contribution is -2.54. The predicted molar refractivity (Wildman–Crippen MR) is 131 cm³/mol. The molecule has 2 amide bonds. The molecular weight excluding hydrogens is 444 g/mol. The molecule has 2 fully saturated rings. The van der Waals surface area contributed by atoms with Crippen LogP contribution in [0.1, 0.15) is 63.0 Å². The highest BCUT2D eigenvalue weighted by Gasteiger charge is 2.56. The molecule has 5 rings (SSSR count). The van der Waals surface area contributed by atoms with Crippen LogP contribution in [-0.4, -0.2) is 52.7 Å². The minimum atomic E-state index is -0.875. The van der Waals surface area contributed by atoms with Crippen molar-refractivity contribution in [1.82, 2.24) is 10.2 Å². The minimum absolute atomic E-state index is 0.0227. The first-order valence-corrected chi connectivity index (χ1v) is 12.4. The summed E-state index contributed by atoms with van der Waals surface area (Å²) in [5.41, 5.74) is 3.16. The lowest BCUT2D eigenvalue weighted by Gasteiger charge is -2.39. The van der Waals surface area contributed by atoms with Gasteiger partial charge in [-0.05, 0) is 61.8 Å². The second kappa shape index (κ2) is 8.70. The Morgan fingerprint density at radius 2 is 1.60 bits per heavy atom. The first kappa shape index (κ1) is 23.4. The Morgan fingerprint density at radius 3 is 2.17 bits per heavy atom. The van der Waals surface area contributed by atoms with Gasteiger partial charge in [-0.3, -0.25) is 9.59 Å². The van der Waals surface area contributed by atoms with Gasteiger partial charge >= 0.3 is 12.1 Å². The number of benzene rings is 2. The average molecular weight is 477 g/mol.